The van der Waals surface area contributed by atoms with E-state index in [-0.39, 0.29) is 25.8 Å². The van der Waals surface area contributed by atoms with Crippen LogP contribution in [0.4, 0.5) is 10.5 Å². The largest absolute Gasteiger partial charge is 0.396 e. The van der Waals surface area contributed by atoms with E-state index in [1.54, 1.807) is 26.1 Å². The van der Waals surface area contributed by atoms with Gasteiger partial charge < -0.3 is 20.4 Å². The van der Waals surface area contributed by atoms with Gasteiger partial charge in [-0.3, -0.25) is 0 Å². The zero-order valence-corrected chi connectivity index (χ0v) is 12.6. The molecule has 0 aromatic heterocycles. The second-order valence-electron chi connectivity index (χ2n) is 4.92. The van der Waals surface area contributed by atoms with Gasteiger partial charge >= 0.3 is 6.03 Å². The summed E-state index contributed by atoms with van der Waals surface area (Å²) in [5.74, 6) is 0. The number of hydrogen-bond donors (Lipinski definition) is 3. The first-order valence-corrected chi connectivity index (χ1v) is 6.69. The molecule has 0 saturated heterocycles. The smallest absolute Gasteiger partial charge is 0.321 e. The fourth-order valence-corrected chi connectivity index (χ4v) is 1.81. The van der Waals surface area contributed by atoms with Crippen LogP contribution in [0.15, 0.2) is 28.7 Å². The van der Waals surface area contributed by atoms with E-state index in [1.807, 2.05) is 12.1 Å². The van der Waals surface area contributed by atoms with Gasteiger partial charge in [-0.05, 0) is 24.3 Å². The molecule has 5 nitrogen and oxygen atoms in total. The van der Waals surface area contributed by atoms with Gasteiger partial charge in [-0.1, -0.05) is 22.9 Å². The Morgan fingerprint density at radius 3 is 2.32 bits per heavy atom. The SMILES string of the molecule is CN(CC(C)(CO)CO)C(=O)Nc1ccc(Br)cc1. The standard InChI is InChI=1S/C13H19BrN2O3/c1-13(8-17,9-18)7-16(2)12(19)15-11-5-3-10(14)4-6-11/h3-6,17-18H,7-9H2,1-2H3,(H,15,19). The predicted octanol–water partition coefficient (Wildman–Crippen LogP) is 1.90. The lowest BCUT2D eigenvalue weighted by molar-refractivity contribution is 0.0509. The topological polar surface area (TPSA) is 72.8 Å². The number of aliphatic hydroxyl groups excluding tert-OH is 2. The molecule has 1 aromatic carbocycles. The first-order valence-electron chi connectivity index (χ1n) is 5.89. The summed E-state index contributed by atoms with van der Waals surface area (Å²) in [6.45, 7) is 1.62. The maximum Gasteiger partial charge on any atom is 0.321 e. The fourth-order valence-electron chi connectivity index (χ4n) is 1.55. The molecule has 2 amide bonds. The lowest BCUT2D eigenvalue weighted by Gasteiger charge is -2.30. The first kappa shape index (κ1) is 15.9. The zero-order valence-electron chi connectivity index (χ0n) is 11.1. The number of aliphatic hydroxyl groups is 2. The van der Waals surface area contributed by atoms with Crippen LogP contribution < -0.4 is 5.32 Å². The average molecular weight is 331 g/mol. The van der Waals surface area contributed by atoms with Crippen molar-refractivity contribution >= 4 is 27.6 Å². The maximum atomic E-state index is 11.9. The summed E-state index contributed by atoms with van der Waals surface area (Å²) in [7, 11) is 1.62. The molecule has 0 aliphatic carbocycles. The Morgan fingerprint density at radius 2 is 1.84 bits per heavy atom. The molecule has 0 bridgehead atoms. The van der Waals surface area contributed by atoms with Crippen molar-refractivity contribution < 1.29 is 15.0 Å². The van der Waals surface area contributed by atoms with E-state index < -0.39 is 5.41 Å². The van der Waals surface area contributed by atoms with Gasteiger partial charge in [0.2, 0.25) is 0 Å². The number of urea groups is 1. The summed E-state index contributed by atoms with van der Waals surface area (Å²) in [5, 5.41) is 21.2. The highest BCUT2D eigenvalue weighted by molar-refractivity contribution is 9.10. The number of halogens is 1. The Morgan fingerprint density at radius 1 is 1.32 bits per heavy atom. The third kappa shape index (κ3) is 4.81. The van der Waals surface area contributed by atoms with Crippen LogP contribution in [0.3, 0.4) is 0 Å². The van der Waals surface area contributed by atoms with Gasteiger partial charge in [-0.2, -0.15) is 0 Å². The minimum absolute atomic E-state index is 0.181. The van der Waals surface area contributed by atoms with Crippen molar-refractivity contribution in [2.24, 2.45) is 5.41 Å². The fraction of sp³-hybridized carbons (Fsp3) is 0.462. The number of hydrogen-bond acceptors (Lipinski definition) is 3. The molecule has 1 rings (SSSR count). The number of nitrogens with zero attached hydrogens (tertiary/aromatic N) is 1. The van der Waals surface area contributed by atoms with Crippen molar-refractivity contribution in [1.29, 1.82) is 0 Å². The van der Waals surface area contributed by atoms with Crippen LogP contribution in [0.2, 0.25) is 0 Å². The van der Waals surface area contributed by atoms with E-state index in [0.717, 1.165) is 4.47 Å². The van der Waals surface area contributed by atoms with Crippen LogP contribution in [-0.2, 0) is 0 Å². The number of anilines is 1. The summed E-state index contributed by atoms with van der Waals surface area (Å²) in [6.07, 6.45) is 0. The molecule has 106 valence electrons. The second-order valence-corrected chi connectivity index (χ2v) is 5.84. The van der Waals surface area contributed by atoms with Crippen LogP contribution in [0, 0.1) is 5.41 Å². The monoisotopic (exact) mass is 330 g/mol. The lowest BCUT2D eigenvalue weighted by Crippen LogP contribution is -2.43. The van der Waals surface area contributed by atoms with Crippen molar-refractivity contribution in [3.05, 3.63) is 28.7 Å². The third-order valence-corrected chi connectivity index (χ3v) is 3.35. The van der Waals surface area contributed by atoms with Crippen LogP contribution in [0.5, 0.6) is 0 Å². The Bertz CT molecular complexity index is 418. The minimum atomic E-state index is -0.703. The average Bonchev–Trinajstić information content (AvgIpc) is 2.41. The molecule has 0 spiro atoms. The molecule has 0 radical (unpaired) electrons. The molecule has 0 saturated carbocycles. The van der Waals surface area contributed by atoms with Gasteiger partial charge in [0.25, 0.3) is 0 Å². The molecule has 0 aliphatic rings. The number of amides is 2. The highest BCUT2D eigenvalue weighted by atomic mass is 79.9. The molecule has 6 heteroatoms. The molecular formula is C13H19BrN2O3. The van der Waals surface area contributed by atoms with Gasteiger partial charge in [0.05, 0.1) is 13.2 Å². The molecule has 1 aromatic rings. The maximum absolute atomic E-state index is 11.9. The molecule has 0 fully saturated rings. The summed E-state index contributed by atoms with van der Waals surface area (Å²) in [4.78, 5) is 13.4. The number of nitrogens with one attached hydrogen (secondary N) is 1. The van der Waals surface area contributed by atoms with E-state index >= 15 is 0 Å². The number of carbonyl (C=O) groups is 1. The van der Waals surface area contributed by atoms with Gasteiger partial charge in [-0.15, -0.1) is 0 Å². The molecule has 0 atom stereocenters. The quantitative estimate of drug-likeness (QED) is 0.772. The lowest BCUT2D eigenvalue weighted by atomic mass is 9.92. The zero-order chi connectivity index (χ0) is 14.5. The molecule has 0 aliphatic heterocycles. The summed E-state index contributed by atoms with van der Waals surface area (Å²) < 4.78 is 0.937. The van der Waals surface area contributed by atoms with Crippen molar-refractivity contribution in [3.63, 3.8) is 0 Å². The Labute approximate surface area is 121 Å². The third-order valence-electron chi connectivity index (χ3n) is 2.82. The highest BCUT2D eigenvalue weighted by Crippen LogP contribution is 2.17. The van der Waals surface area contributed by atoms with Crippen molar-refractivity contribution in [2.75, 3.05) is 32.1 Å². The Balaban J connectivity index is 2.60. The van der Waals surface area contributed by atoms with Crippen molar-refractivity contribution in [2.45, 2.75) is 6.92 Å². The Kier molecular flexibility index (Phi) is 5.78. The second kappa shape index (κ2) is 6.88. The van der Waals surface area contributed by atoms with Crippen LogP contribution in [-0.4, -0.2) is 48.0 Å². The first-order chi connectivity index (χ1) is 8.90. The molecule has 0 unspecified atom stereocenters. The highest BCUT2D eigenvalue weighted by Gasteiger charge is 2.26. The van der Waals surface area contributed by atoms with Gasteiger partial charge in [0.15, 0.2) is 0 Å². The van der Waals surface area contributed by atoms with Crippen LogP contribution in [0.25, 0.3) is 0 Å². The summed E-state index contributed by atoms with van der Waals surface area (Å²) >= 11 is 3.32. The van der Waals surface area contributed by atoms with E-state index in [9.17, 15) is 15.0 Å². The summed E-state index contributed by atoms with van der Waals surface area (Å²) in [6, 6.07) is 6.96. The van der Waals surface area contributed by atoms with Gasteiger partial charge in [0, 0.05) is 29.2 Å². The molecule has 3 N–H and O–H groups in total. The number of carbonyl (C=O) groups excluding carboxylic acids is 1. The molecular weight excluding hydrogens is 312 g/mol. The molecule has 0 heterocycles. The Hall–Kier alpha value is -1.11. The number of benzene rings is 1. The van der Waals surface area contributed by atoms with E-state index in [2.05, 4.69) is 21.2 Å². The van der Waals surface area contributed by atoms with Gasteiger partial charge in [-0.25, -0.2) is 4.79 Å². The van der Waals surface area contributed by atoms with E-state index in [1.165, 1.54) is 4.90 Å². The summed E-state index contributed by atoms with van der Waals surface area (Å²) in [5.41, 5.74) is -0.0130. The van der Waals surface area contributed by atoms with Crippen LogP contribution >= 0.6 is 15.9 Å². The number of rotatable bonds is 5. The van der Waals surface area contributed by atoms with E-state index in [0.29, 0.717) is 5.69 Å². The van der Waals surface area contributed by atoms with Crippen molar-refractivity contribution in [1.82, 2.24) is 4.90 Å². The normalized spacial score (nSPS) is 11.2. The van der Waals surface area contributed by atoms with Crippen molar-refractivity contribution in [3.8, 4) is 0 Å². The van der Waals surface area contributed by atoms with Gasteiger partial charge in [0.1, 0.15) is 0 Å². The van der Waals surface area contributed by atoms with E-state index in [4.69, 9.17) is 0 Å². The predicted molar refractivity (Wildman–Crippen MR) is 78.1 cm³/mol. The molecule has 19 heavy (non-hydrogen) atoms. The van der Waals surface area contributed by atoms with Crippen LogP contribution in [0.1, 0.15) is 6.92 Å². The minimum Gasteiger partial charge on any atom is -0.396 e.